The first-order valence-corrected chi connectivity index (χ1v) is 15.9. The molecule has 1 aromatic carbocycles. The van der Waals surface area contributed by atoms with Crippen LogP contribution in [0.5, 0.6) is 0 Å². The molecule has 1 N–H and O–H groups in total. The number of esters is 3. The molecule has 0 atom stereocenters. The number of aliphatic imine (C=N–C) groups is 1. The number of ether oxygens (including phenoxy) is 7. The molecule has 0 unspecified atom stereocenters. The summed E-state index contributed by atoms with van der Waals surface area (Å²) in [6.45, 7) is 19.7. The topological polar surface area (TPSA) is 148 Å². The van der Waals surface area contributed by atoms with Crippen LogP contribution in [0.25, 0.3) is 0 Å². The largest absolute Gasteiger partial charge is 0.462 e. The van der Waals surface area contributed by atoms with E-state index in [-0.39, 0.29) is 66.1 Å². The molecule has 0 fully saturated rings. The summed E-state index contributed by atoms with van der Waals surface area (Å²) in [6, 6.07) is 5.67. The van der Waals surface area contributed by atoms with Crippen molar-refractivity contribution in [3.05, 3.63) is 89.6 Å². The molecule has 0 saturated heterocycles. The Kier molecular flexibility index (Phi) is 22.5. The average molecular weight is 686 g/mol. The van der Waals surface area contributed by atoms with E-state index < -0.39 is 17.9 Å². The van der Waals surface area contributed by atoms with Gasteiger partial charge in [0.05, 0.1) is 77.5 Å². The second kappa shape index (κ2) is 25.8. The molecule has 12 nitrogen and oxygen atoms in total. The molecule has 0 aliphatic carbocycles. The maximum absolute atomic E-state index is 11.6. The number of hydrogen-bond acceptors (Lipinski definition) is 12. The van der Waals surface area contributed by atoms with Crippen LogP contribution < -0.4 is 0 Å². The molecule has 1 rings (SSSR count). The molecule has 0 amide bonds. The lowest BCUT2D eigenvalue weighted by molar-refractivity contribution is -0.141. The highest BCUT2D eigenvalue weighted by Gasteiger charge is 2.07. The molecular weight excluding hydrogens is 634 g/mol. The molecular formula is C37H51NO11. The zero-order valence-electron chi connectivity index (χ0n) is 29.3. The van der Waals surface area contributed by atoms with Crippen molar-refractivity contribution in [2.24, 2.45) is 4.99 Å². The van der Waals surface area contributed by atoms with Crippen LogP contribution in [0.1, 0.15) is 45.2 Å². The van der Waals surface area contributed by atoms with Crippen LogP contribution in [-0.2, 0) is 60.8 Å². The molecule has 0 bridgehead atoms. The van der Waals surface area contributed by atoms with E-state index in [2.05, 4.69) is 19.7 Å². The second-order valence-electron chi connectivity index (χ2n) is 11.0. The van der Waals surface area contributed by atoms with Gasteiger partial charge >= 0.3 is 17.9 Å². The van der Waals surface area contributed by atoms with Gasteiger partial charge in [0, 0.05) is 23.1 Å². The number of carbonyl (C=O) groups excluding carboxylic acids is 3. The predicted molar refractivity (Wildman–Crippen MR) is 186 cm³/mol. The Hall–Kier alpha value is -4.20. The van der Waals surface area contributed by atoms with Crippen LogP contribution in [0.4, 0.5) is 5.69 Å². The van der Waals surface area contributed by atoms with Gasteiger partial charge in [0.1, 0.15) is 13.2 Å². The van der Waals surface area contributed by atoms with Gasteiger partial charge in [-0.15, -0.1) is 0 Å². The zero-order valence-corrected chi connectivity index (χ0v) is 29.3. The highest BCUT2D eigenvalue weighted by atomic mass is 16.6. The first-order valence-electron chi connectivity index (χ1n) is 15.9. The van der Waals surface area contributed by atoms with Gasteiger partial charge in [0.15, 0.2) is 0 Å². The molecule has 0 aromatic heterocycles. The standard InChI is InChI=1S/C37H51NO11/c1-27(2)35(40)47-14-9-13-43-12-8-10-33(20-30(7)24-45-16-18-48-36(41)28(3)4)38-34-22-31(25-44-15-11-39)21-32(23-34)26-46-17-19-49-37(42)29(5)6/h8,10,20-23,39H,1,3,5,9,11-19,24-26H2,2,4,6-7H3/b10-8+,30-20+,38-33?. The molecule has 270 valence electrons. The number of aliphatic hydroxyl groups is 1. The molecule has 0 saturated carbocycles. The Labute approximate surface area is 289 Å². The number of carbonyl (C=O) groups is 3. The summed E-state index contributed by atoms with van der Waals surface area (Å²) in [4.78, 5) is 39.5. The Bertz CT molecular complexity index is 1340. The summed E-state index contributed by atoms with van der Waals surface area (Å²) in [5.74, 6) is -1.37. The van der Waals surface area contributed by atoms with Gasteiger partial charge in [-0.1, -0.05) is 31.9 Å². The van der Waals surface area contributed by atoms with Gasteiger partial charge in [-0.3, -0.25) is 0 Å². The minimum atomic E-state index is -0.474. The van der Waals surface area contributed by atoms with E-state index in [9.17, 15) is 14.4 Å². The number of benzene rings is 1. The van der Waals surface area contributed by atoms with E-state index in [1.54, 1.807) is 20.8 Å². The number of nitrogens with zero attached hydrogens (tertiary/aromatic N) is 1. The van der Waals surface area contributed by atoms with Crippen molar-refractivity contribution in [1.29, 1.82) is 0 Å². The van der Waals surface area contributed by atoms with Gasteiger partial charge in [0.25, 0.3) is 0 Å². The number of hydrogen-bond donors (Lipinski definition) is 1. The van der Waals surface area contributed by atoms with Gasteiger partial charge in [-0.25, -0.2) is 19.4 Å². The van der Waals surface area contributed by atoms with Crippen LogP contribution in [0.2, 0.25) is 0 Å². The van der Waals surface area contributed by atoms with Crippen LogP contribution in [0.15, 0.2) is 83.4 Å². The fourth-order valence-electron chi connectivity index (χ4n) is 3.62. The van der Waals surface area contributed by atoms with E-state index in [0.29, 0.717) is 47.8 Å². The zero-order chi connectivity index (χ0) is 36.4. The summed E-state index contributed by atoms with van der Waals surface area (Å²) < 4.78 is 37.8. The second-order valence-corrected chi connectivity index (χ2v) is 11.0. The van der Waals surface area contributed by atoms with Crippen molar-refractivity contribution in [1.82, 2.24) is 0 Å². The maximum Gasteiger partial charge on any atom is 0.333 e. The number of allylic oxidation sites excluding steroid dienone is 2. The van der Waals surface area contributed by atoms with Crippen molar-refractivity contribution in [2.45, 2.75) is 47.3 Å². The third-order valence-electron chi connectivity index (χ3n) is 5.93. The lowest BCUT2D eigenvalue weighted by Crippen LogP contribution is -2.11. The lowest BCUT2D eigenvalue weighted by Gasteiger charge is -2.10. The Morgan fingerprint density at radius 2 is 1.22 bits per heavy atom. The van der Waals surface area contributed by atoms with Crippen LogP contribution >= 0.6 is 0 Å². The molecule has 12 heteroatoms. The Balaban J connectivity index is 3.06. The molecule has 49 heavy (non-hydrogen) atoms. The predicted octanol–water partition coefficient (Wildman–Crippen LogP) is 5.07. The van der Waals surface area contributed by atoms with Crippen molar-refractivity contribution in [3.8, 4) is 0 Å². The smallest absolute Gasteiger partial charge is 0.333 e. The first-order chi connectivity index (χ1) is 23.4. The van der Waals surface area contributed by atoms with Gasteiger partial charge in [0.2, 0.25) is 0 Å². The molecule has 0 aliphatic heterocycles. The minimum absolute atomic E-state index is 0.0924. The van der Waals surface area contributed by atoms with Gasteiger partial charge < -0.3 is 38.3 Å². The van der Waals surface area contributed by atoms with Crippen molar-refractivity contribution >= 4 is 29.3 Å². The quantitative estimate of drug-likeness (QED) is 0.0458. The van der Waals surface area contributed by atoms with Gasteiger partial charge in [-0.2, -0.15) is 0 Å². The fraction of sp³-hybridized carbons (Fsp3) is 0.459. The Morgan fingerprint density at radius 1 is 0.694 bits per heavy atom. The van der Waals surface area contributed by atoms with Crippen molar-refractivity contribution in [2.75, 3.05) is 66.1 Å². The van der Waals surface area contributed by atoms with E-state index in [1.807, 2.05) is 43.4 Å². The summed E-state index contributed by atoms with van der Waals surface area (Å²) in [7, 11) is 0. The fourth-order valence-corrected chi connectivity index (χ4v) is 3.62. The van der Waals surface area contributed by atoms with E-state index in [1.165, 1.54) is 0 Å². The SMILES string of the molecule is C=C(C)C(=O)OCCCOC/C=C/C(/C=C(\C)COCCOC(=O)C(=C)C)=Nc1cc(COCCO)cc(COCCOC(=O)C(=C)C)c1. The van der Waals surface area contributed by atoms with Crippen LogP contribution in [0, 0.1) is 0 Å². The third kappa shape index (κ3) is 21.4. The average Bonchev–Trinajstić information content (AvgIpc) is 3.05. The summed E-state index contributed by atoms with van der Waals surface area (Å²) >= 11 is 0. The monoisotopic (exact) mass is 685 g/mol. The van der Waals surface area contributed by atoms with E-state index in [0.717, 1.165) is 16.7 Å². The molecule has 0 heterocycles. The van der Waals surface area contributed by atoms with E-state index in [4.69, 9.17) is 43.3 Å². The lowest BCUT2D eigenvalue weighted by atomic mass is 10.1. The number of rotatable bonds is 26. The molecule has 0 radical (unpaired) electrons. The van der Waals surface area contributed by atoms with Crippen LogP contribution in [0.3, 0.4) is 0 Å². The molecule has 1 aromatic rings. The van der Waals surface area contributed by atoms with Gasteiger partial charge in [-0.05, 0) is 68.7 Å². The van der Waals surface area contributed by atoms with Crippen molar-refractivity contribution < 1.29 is 52.6 Å². The third-order valence-corrected chi connectivity index (χ3v) is 5.93. The van der Waals surface area contributed by atoms with Crippen molar-refractivity contribution in [3.63, 3.8) is 0 Å². The summed E-state index contributed by atoms with van der Waals surface area (Å²) in [6.07, 6.45) is 6.05. The normalized spacial score (nSPS) is 11.8. The summed E-state index contributed by atoms with van der Waals surface area (Å²) in [5.41, 5.74) is 4.75. The number of aliphatic hydroxyl groups excluding tert-OH is 1. The minimum Gasteiger partial charge on any atom is -0.462 e. The molecule has 0 aliphatic rings. The molecule has 0 spiro atoms. The maximum atomic E-state index is 11.6. The highest BCUT2D eigenvalue weighted by molar-refractivity contribution is 6.05. The van der Waals surface area contributed by atoms with Crippen LogP contribution in [-0.4, -0.2) is 94.8 Å². The van der Waals surface area contributed by atoms with E-state index >= 15 is 0 Å². The highest BCUT2D eigenvalue weighted by Crippen LogP contribution is 2.21. The first kappa shape index (κ1) is 42.8. The summed E-state index contributed by atoms with van der Waals surface area (Å²) in [5, 5.41) is 9.15. The Morgan fingerprint density at radius 3 is 1.78 bits per heavy atom.